The third-order valence-corrected chi connectivity index (χ3v) is 6.24. The molecule has 1 aliphatic heterocycles. The van der Waals surface area contributed by atoms with E-state index in [1.54, 1.807) is 0 Å². The number of carbonyl (C=O) groups excluding carboxylic acids is 1. The van der Waals surface area contributed by atoms with Crippen molar-refractivity contribution < 1.29 is 9.18 Å². The van der Waals surface area contributed by atoms with Gasteiger partial charge in [0.25, 0.3) is 0 Å². The molecule has 1 heterocycles. The average Bonchev–Trinajstić information content (AvgIpc) is 3.51. The van der Waals surface area contributed by atoms with Gasteiger partial charge in [-0.2, -0.15) is 0 Å². The van der Waals surface area contributed by atoms with Gasteiger partial charge < -0.3 is 10.2 Å². The number of hydrogen-bond acceptors (Lipinski definition) is 3. The van der Waals surface area contributed by atoms with Crippen LogP contribution in [-0.4, -0.2) is 50.1 Å². The molecule has 154 valence electrons. The Bertz CT molecular complexity index is 848. The molecule has 1 aliphatic carbocycles. The smallest absolute Gasteiger partial charge is 0.230 e. The molecule has 4 rings (SSSR count). The Kier molecular flexibility index (Phi) is 5.59. The van der Waals surface area contributed by atoms with Crippen LogP contribution in [0.5, 0.6) is 0 Å². The van der Waals surface area contributed by atoms with Crippen molar-refractivity contribution in [2.24, 2.45) is 0 Å². The molecule has 2 aromatic carbocycles. The number of nitrogens with one attached hydrogen (secondary N) is 1. The Morgan fingerprint density at radius 1 is 1.00 bits per heavy atom. The van der Waals surface area contributed by atoms with Gasteiger partial charge in [0.2, 0.25) is 5.91 Å². The van der Waals surface area contributed by atoms with E-state index in [1.807, 2.05) is 12.1 Å². The van der Waals surface area contributed by atoms with Gasteiger partial charge in [-0.15, -0.1) is 0 Å². The van der Waals surface area contributed by atoms with E-state index in [1.165, 1.54) is 28.8 Å². The maximum absolute atomic E-state index is 13.1. The predicted octanol–water partition coefficient (Wildman–Crippen LogP) is 3.41. The summed E-state index contributed by atoms with van der Waals surface area (Å²) in [7, 11) is 0. The van der Waals surface area contributed by atoms with E-state index < -0.39 is 0 Å². The lowest BCUT2D eigenvalue weighted by Crippen LogP contribution is -2.49. The molecule has 5 heteroatoms. The molecule has 0 unspecified atom stereocenters. The normalized spacial score (nSPS) is 18.5. The van der Waals surface area contributed by atoms with Gasteiger partial charge in [0.1, 0.15) is 5.82 Å². The van der Waals surface area contributed by atoms with E-state index in [-0.39, 0.29) is 17.1 Å². The highest BCUT2D eigenvalue weighted by Gasteiger charge is 2.51. The van der Waals surface area contributed by atoms with Crippen molar-refractivity contribution in [3.8, 4) is 0 Å². The highest BCUT2D eigenvalue weighted by atomic mass is 19.1. The maximum Gasteiger partial charge on any atom is 0.230 e. The number of piperazine rings is 1. The van der Waals surface area contributed by atoms with E-state index in [0.717, 1.165) is 51.3 Å². The second kappa shape index (κ2) is 8.15. The number of benzene rings is 2. The van der Waals surface area contributed by atoms with Gasteiger partial charge >= 0.3 is 0 Å². The number of halogens is 1. The first-order valence-corrected chi connectivity index (χ1v) is 10.6. The van der Waals surface area contributed by atoms with Gasteiger partial charge in [0.05, 0.1) is 5.41 Å². The lowest BCUT2D eigenvalue weighted by molar-refractivity contribution is -0.123. The van der Waals surface area contributed by atoms with Gasteiger partial charge in [-0.3, -0.25) is 9.69 Å². The van der Waals surface area contributed by atoms with Crippen LogP contribution in [0.3, 0.4) is 0 Å². The van der Waals surface area contributed by atoms with E-state index in [9.17, 15) is 9.18 Å². The summed E-state index contributed by atoms with van der Waals surface area (Å²) in [6, 6.07) is 13.2. The number of hydrogen-bond donors (Lipinski definition) is 1. The van der Waals surface area contributed by atoms with Gasteiger partial charge in [0, 0.05) is 45.0 Å². The minimum Gasteiger partial charge on any atom is -0.369 e. The van der Waals surface area contributed by atoms with Crippen molar-refractivity contribution in [1.82, 2.24) is 10.2 Å². The summed E-state index contributed by atoms with van der Waals surface area (Å²) < 4.78 is 13.1. The molecule has 0 radical (unpaired) electrons. The summed E-state index contributed by atoms with van der Waals surface area (Å²) in [6.07, 6.45) is 1.89. The number of aryl methyl sites for hydroxylation is 2. The fraction of sp³-hybridized carbons (Fsp3) is 0.458. The van der Waals surface area contributed by atoms with Crippen molar-refractivity contribution in [2.45, 2.75) is 32.1 Å². The number of nitrogens with zero attached hydrogens (tertiary/aromatic N) is 2. The van der Waals surface area contributed by atoms with Crippen LogP contribution in [0, 0.1) is 19.7 Å². The molecule has 0 aromatic heterocycles. The van der Waals surface area contributed by atoms with Crippen LogP contribution < -0.4 is 10.2 Å². The fourth-order valence-corrected chi connectivity index (χ4v) is 4.40. The molecule has 1 saturated carbocycles. The molecule has 2 fully saturated rings. The van der Waals surface area contributed by atoms with E-state index in [4.69, 9.17) is 0 Å². The minimum atomic E-state index is -0.307. The molecule has 1 amide bonds. The quantitative estimate of drug-likeness (QED) is 0.814. The van der Waals surface area contributed by atoms with Crippen LogP contribution in [0.4, 0.5) is 10.1 Å². The zero-order chi connectivity index (χ0) is 20.4. The molecule has 0 bridgehead atoms. The van der Waals surface area contributed by atoms with Crippen LogP contribution in [0.25, 0.3) is 0 Å². The van der Waals surface area contributed by atoms with Gasteiger partial charge in [0.15, 0.2) is 0 Å². The van der Waals surface area contributed by atoms with E-state index >= 15 is 0 Å². The summed E-state index contributed by atoms with van der Waals surface area (Å²) in [6.45, 7) is 9.49. The third-order valence-electron chi connectivity index (χ3n) is 6.24. The van der Waals surface area contributed by atoms with Gasteiger partial charge in [-0.05, 0) is 56.5 Å². The molecule has 2 aliphatic rings. The second-order valence-corrected chi connectivity index (χ2v) is 8.52. The molecular formula is C24H30FN3O. The first-order valence-electron chi connectivity index (χ1n) is 10.6. The van der Waals surface area contributed by atoms with Crippen molar-refractivity contribution in [1.29, 1.82) is 0 Å². The van der Waals surface area contributed by atoms with Gasteiger partial charge in [-0.1, -0.05) is 29.3 Å². The zero-order valence-electron chi connectivity index (χ0n) is 17.4. The molecule has 0 spiro atoms. The predicted molar refractivity (Wildman–Crippen MR) is 115 cm³/mol. The van der Waals surface area contributed by atoms with E-state index in [2.05, 4.69) is 47.2 Å². The second-order valence-electron chi connectivity index (χ2n) is 8.52. The van der Waals surface area contributed by atoms with Gasteiger partial charge in [-0.25, -0.2) is 4.39 Å². The van der Waals surface area contributed by atoms with Crippen molar-refractivity contribution in [2.75, 3.05) is 44.2 Å². The lowest BCUT2D eigenvalue weighted by Gasteiger charge is -2.36. The van der Waals surface area contributed by atoms with Crippen LogP contribution in [0.1, 0.15) is 29.5 Å². The number of anilines is 1. The molecule has 1 N–H and O–H groups in total. The average molecular weight is 396 g/mol. The molecule has 0 atom stereocenters. The summed E-state index contributed by atoms with van der Waals surface area (Å²) in [4.78, 5) is 17.6. The highest BCUT2D eigenvalue weighted by molar-refractivity contribution is 5.91. The van der Waals surface area contributed by atoms with Crippen LogP contribution in [0.15, 0.2) is 42.5 Å². The van der Waals surface area contributed by atoms with Crippen LogP contribution in [0.2, 0.25) is 0 Å². The number of rotatable bonds is 6. The minimum absolute atomic E-state index is 0.174. The number of amides is 1. The maximum atomic E-state index is 13.1. The molecule has 4 nitrogen and oxygen atoms in total. The van der Waals surface area contributed by atoms with Crippen molar-refractivity contribution >= 4 is 11.6 Å². The Morgan fingerprint density at radius 3 is 2.21 bits per heavy atom. The molecular weight excluding hydrogens is 365 g/mol. The first kappa shape index (κ1) is 19.9. The SMILES string of the molecule is Cc1cc(C)cc(C2(C(=O)NCCN3CCN(c4ccc(F)cc4)CC3)CC2)c1. The standard InChI is InChI=1S/C24H30FN3O/c1-18-15-19(2)17-20(16-18)24(7-8-24)23(29)26-9-10-27-11-13-28(14-12-27)22-5-3-21(25)4-6-22/h3-6,15-17H,7-14H2,1-2H3,(H,26,29). The Labute approximate surface area is 172 Å². The Balaban J connectivity index is 1.24. The molecule has 29 heavy (non-hydrogen) atoms. The molecule has 1 saturated heterocycles. The topological polar surface area (TPSA) is 35.6 Å². The number of carbonyl (C=O) groups is 1. The summed E-state index contributed by atoms with van der Waals surface area (Å²) in [5.41, 5.74) is 4.37. The van der Waals surface area contributed by atoms with Crippen molar-refractivity contribution in [3.63, 3.8) is 0 Å². The highest BCUT2D eigenvalue weighted by Crippen LogP contribution is 2.48. The summed E-state index contributed by atoms with van der Waals surface area (Å²) in [5.74, 6) is -0.0233. The lowest BCUT2D eigenvalue weighted by atomic mass is 9.92. The first-order chi connectivity index (χ1) is 14.0. The zero-order valence-corrected chi connectivity index (χ0v) is 17.4. The molecule has 2 aromatic rings. The monoisotopic (exact) mass is 395 g/mol. The fourth-order valence-electron chi connectivity index (χ4n) is 4.40. The van der Waals surface area contributed by atoms with Crippen molar-refractivity contribution in [3.05, 3.63) is 65.0 Å². The Morgan fingerprint density at radius 2 is 1.62 bits per heavy atom. The summed E-state index contributed by atoms with van der Waals surface area (Å²) in [5, 5.41) is 3.18. The van der Waals surface area contributed by atoms with Crippen LogP contribution >= 0.6 is 0 Å². The largest absolute Gasteiger partial charge is 0.369 e. The Hall–Kier alpha value is -2.40. The van der Waals surface area contributed by atoms with Crippen LogP contribution in [-0.2, 0) is 10.2 Å². The third kappa shape index (κ3) is 4.45. The summed E-state index contributed by atoms with van der Waals surface area (Å²) >= 11 is 0. The van der Waals surface area contributed by atoms with E-state index in [0.29, 0.717) is 6.54 Å².